The van der Waals surface area contributed by atoms with Gasteiger partial charge >= 0.3 is 0 Å². The first-order valence-corrected chi connectivity index (χ1v) is 6.84. The van der Waals surface area contributed by atoms with Crippen molar-refractivity contribution in [3.05, 3.63) is 0 Å². The normalized spacial score (nSPS) is 21.9. The minimum absolute atomic E-state index is 0.00593. The zero-order valence-corrected chi connectivity index (χ0v) is 12.0. The van der Waals surface area contributed by atoms with Crippen LogP contribution in [0.25, 0.3) is 0 Å². The van der Waals surface area contributed by atoms with Gasteiger partial charge in [-0.1, -0.05) is 13.8 Å². The summed E-state index contributed by atoms with van der Waals surface area (Å²) in [7, 11) is 0. The molecule has 110 valence electrons. The number of amides is 2. The summed E-state index contributed by atoms with van der Waals surface area (Å²) in [6, 6.07) is -0.570. The standard InChI is InChI=1S/C13H25N3O3/c1-9(2)12(14)13(18)15-7-11(17)16-5-4-6-19-10(3)8-16/h9-10,12H,4-8,14H2,1-3H3,(H,15,18)/t10?,12-/m0/s1. The molecule has 0 radical (unpaired) electrons. The molecule has 0 aromatic carbocycles. The Morgan fingerprint density at radius 3 is 2.79 bits per heavy atom. The predicted octanol–water partition coefficient (Wildman–Crippen LogP) is -0.277. The number of nitrogens with two attached hydrogens (primary N) is 1. The third kappa shape index (κ3) is 5.16. The van der Waals surface area contributed by atoms with Crippen molar-refractivity contribution in [3.63, 3.8) is 0 Å². The molecule has 1 fully saturated rings. The summed E-state index contributed by atoms with van der Waals surface area (Å²) in [5.41, 5.74) is 5.71. The van der Waals surface area contributed by atoms with E-state index in [1.54, 1.807) is 4.90 Å². The number of carbonyl (C=O) groups excluding carboxylic acids is 2. The average molecular weight is 271 g/mol. The van der Waals surface area contributed by atoms with Crippen LogP contribution in [0.15, 0.2) is 0 Å². The summed E-state index contributed by atoms with van der Waals surface area (Å²) in [5.74, 6) is -0.300. The topological polar surface area (TPSA) is 84.7 Å². The van der Waals surface area contributed by atoms with Gasteiger partial charge in [-0.15, -0.1) is 0 Å². The van der Waals surface area contributed by atoms with E-state index < -0.39 is 6.04 Å². The Morgan fingerprint density at radius 1 is 1.47 bits per heavy atom. The smallest absolute Gasteiger partial charge is 0.242 e. The number of hydrogen-bond donors (Lipinski definition) is 2. The van der Waals surface area contributed by atoms with Gasteiger partial charge in [0.2, 0.25) is 11.8 Å². The van der Waals surface area contributed by atoms with Crippen molar-refractivity contribution in [3.8, 4) is 0 Å². The van der Waals surface area contributed by atoms with E-state index in [1.165, 1.54) is 0 Å². The third-order valence-electron chi connectivity index (χ3n) is 3.24. The first-order chi connectivity index (χ1) is 8.91. The Morgan fingerprint density at radius 2 is 2.16 bits per heavy atom. The van der Waals surface area contributed by atoms with Gasteiger partial charge in [0.1, 0.15) is 0 Å². The molecule has 1 aliphatic heterocycles. The fourth-order valence-electron chi connectivity index (χ4n) is 1.92. The molecule has 2 atom stereocenters. The minimum atomic E-state index is -0.570. The molecule has 0 bridgehead atoms. The Hall–Kier alpha value is -1.14. The van der Waals surface area contributed by atoms with E-state index in [0.717, 1.165) is 6.42 Å². The van der Waals surface area contributed by atoms with Crippen molar-refractivity contribution in [2.24, 2.45) is 11.7 Å². The molecule has 0 aromatic heterocycles. The van der Waals surface area contributed by atoms with Gasteiger partial charge in [0.05, 0.1) is 18.7 Å². The van der Waals surface area contributed by atoms with Crippen molar-refractivity contribution in [1.82, 2.24) is 10.2 Å². The summed E-state index contributed by atoms with van der Waals surface area (Å²) in [6.45, 7) is 7.63. The summed E-state index contributed by atoms with van der Waals surface area (Å²) < 4.78 is 5.48. The molecule has 1 aliphatic rings. The molecule has 0 aromatic rings. The lowest BCUT2D eigenvalue weighted by Crippen LogP contribution is -2.48. The van der Waals surface area contributed by atoms with E-state index >= 15 is 0 Å². The second-order valence-corrected chi connectivity index (χ2v) is 5.36. The van der Waals surface area contributed by atoms with Gasteiger partial charge in [-0.25, -0.2) is 0 Å². The second-order valence-electron chi connectivity index (χ2n) is 5.36. The van der Waals surface area contributed by atoms with Crippen LogP contribution in [0.1, 0.15) is 27.2 Å². The fraction of sp³-hybridized carbons (Fsp3) is 0.846. The average Bonchev–Trinajstić information content (AvgIpc) is 2.59. The molecular formula is C13H25N3O3. The number of nitrogens with one attached hydrogen (secondary N) is 1. The van der Waals surface area contributed by atoms with Gasteiger partial charge in [0.15, 0.2) is 0 Å². The third-order valence-corrected chi connectivity index (χ3v) is 3.24. The van der Waals surface area contributed by atoms with Crippen LogP contribution in [0.3, 0.4) is 0 Å². The summed E-state index contributed by atoms with van der Waals surface area (Å²) >= 11 is 0. The molecule has 0 saturated carbocycles. The predicted molar refractivity (Wildman–Crippen MR) is 72.4 cm³/mol. The van der Waals surface area contributed by atoms with E-state index in [4.69, 9.17) is 10.5 Å². The maximum Gasteiger partial charge on any atom is 0.242 e. The Balaban J connectivity index is 2.40. The van der Waals surface area contributed by atoms with Crippen molar-refractivity contribution in [2.45, 2.75) is 39.3 Å². The second kappa shape index (κ2) is 7.45. The lowest BCUT2D eigenvalue weighted by Gasteiger charge is -2.23. The molecule has 0 spiro atoms. The highest BCUT2D eigenvalue weighted by molar-refractivity contribution is 5.87. The van der Waals surface area contributed by atoms with Gasteiger partial charge < -0.3 is 20.7 Å². The van der Waals surface area contributed by atoms with Crippen molar-refractivity contribution >= 4 is 11.8 Å². The Labute approximate surface area is 114 Å². The highest BCUT2D eigenvalue weighted by Gasteiger charge is 2.22. The molecule has 1 rings (SSSR count). The maximum atomic E-state index is 12.0. The van der Waals surface area contributed by atoms with Gasteiger partial charge in [-0.2, -0.15) is 0 Å². The van der Waals surface area contributed by atoms with Gasteiger partial charge in [0, 0.05) is 19.7 Å². The molecular weight excluding hydrogens is 246 g/mol. The van der Waals surface area contributed by atoms with Crippen LogP contribution < -0.4 is 11.1 Å². The maximum absolute atomic E-state index is 12.0. The first kappa shape index (κ1) is 15.9. The Kier molecular flexibility index (Phi) is 6.24. The molecule has 19 heavy (non-hydrogen) atoms. The van der Waals surface area contributed by atoms with E-state index in [9.17, 15) is 9.59 Å². The van der Waals surface area contributed by atoms with Crippen LogP contribution in [-0.2, 0) is 14.3 Å². The molecule has 6 nitrogen and oxygen atoms in total. The van der Waals surface area contributed by atoms with E-state index in [1.807, 2.05) is 20.8 Å². The monoisotopic (exact) mass is 271 g/mol. The van der Waals surface area contributed by atoms with Gasteiger partial charge in [-0.3, -0.25) is 9.59 Å². The molecule has 1 heterocycles. The molecule has 6 heteroatoms. The highest BCUT2D eigenvalue weighted by Crippen LogP contribution is 2.05. The van der Waals surface area contributed by atoms with E-state index in [-0.39, 0.29) is 30.4 Å². The number of hydrogen-bond acceptors (Lipinski definition) is 4. The number of ether oxygens (including phenoxy) is 1. The van der Waals surface area contributed by atoms with Crippen LogP contribution in [0, 0.1) is 5.92 Å². The first-order valence-electron chi connectivity index (χ1n) is 6.84. The molecule has 2 amide bonds. The number of carbonyl (C=O) groups is 2. The van der Waals surface area contributed by atoms with Gasteiger partial charge in [0.25, 0.3) is 0 Å². The van der Waals surface area contributed by atoms with E-state index in [2.05, 4.69) is 5.32 Å². The van der Waals surface area contributed by atoms with Crippen LogP contribution >= 0.6 is 0 Å². The van der Waals surface area contributed by atoms with Crippen LogP contribution in [-0.4, -0.2) is 55.1 Å². The molecule has 3 N–H and O–H groups in total. The van der Waals surface area contributed by atoms with Crippen LogP contribution in [0.5, 0.6) is 0 Å². The highest BCUT2D eigenvalue weighted by atomic mass is 16.5. The van der Waals surface area contributed by atoms with E-state index in [0.29, 0.717) is 19.7 Å². The zero-order valence-electron chi connectivity index (χ0n) is 12.0. The molecule has 1 unspecified atom stereocenters. The lowest BCUT2D eigenvalue weighted by molar-refractivity contribution is -0.133. The fourth-order valence-corrected chi connectivity index (χ4v) is 1.92. The largest absolute Gasteiger partial charge is 0.377 e. The SMILES string of the molecule is CC1CN(C(=O)CNC(=O)[C@@H](N)C(C)C)CCCO1. The Bertz CT molecular complexity index is 320. The molecule has 1 saturated heterocycles. The summed E-state index contributed by atoms with van der Waals surface area (Å²) in [4.78, 5) is 25.4. The summed E-state index contributed by atoms with van der Waals surface area (Å²) in [5, 5.41) is 2.60. The minimum Gasteiger partial charge on any atom is -0.377 e. The lowest BCUT2D eigenvalue weighted by atomic mass is 10.1. The summed E-state index contributed by atoms with van der Waals surface area (Å²) in [6.07, 6.45) is 0.871. The van der Waals surface area contributed by atoms with Crippen molar-refractivity contribution in [1.29, 1.82) is 0 Å². The zero-order chi connectivity index (χ0) is 14.4. The quantitative estimate of drug-likeness (QED) is 0.737. The molecule has 0 aliphatic carbocycles. The van der Waals surface area contributed by atoms with Gasteiger partial charge in [-0.05, 0) is 19.3 Å². The van der Waals surface area contributed by atoms with Crippen LogP contribution in [0.2, 0.25) is 0 Å². The number of rotatable bonds is 4. The van der Waals surface area contributed by atoms with Crippen molar-refractivity contribution < 1.29 is 14.3 Å². The van der Waals surface area contributed by atoms with Crippen LogP contribution in [0.4, 0.5) is 0 Å². The van der Waals surface area contributed by atoms with Crippen molar-refractivity contribution in [2.75, 3.05) is 26.2 Å². The number of nitrogens with zero attached hydrogens (tertiary/aromatic N) is 1.